The molecule has 23 heavy (non-hydrogen) atoms. The van der Waals surface area contributed by atoms with E-state index in [9.17, 15) is 4.79 Å². The van der Waals surface area contributed by atoms with Crippen LogP contribution in [0.3, 0.4) is 0 Å². The quantitative estimate of drug-likeness (QED) is 0.917. The topological polar surface area (TPSA) is 67.6 Å². The first-order chi connectivity index (χ1) is 11.1. The number of nitrogens with one attached hydrogen (secondary N) is 1. The molecule has 3 heterocycles. The number of benzene rings is 1. The van der Waals surface area contributed by atoms with Crippen molar-refractivity contribution in [2.75, 3.05) is 13.2 Å². The van der Waals surface area contributed by atoms with Crippen molar-refractivity contribution in [2.24, 2.45) is 0 Å². The molecule has 3 atom stereocenters. The van der Waals surface area contributed by atoms with E-state index < -0.39 is 0 Å². The SMILES string of the molecule is Cc1ccc(-c2nc(C3NC(=O)[C@@H]4[C@@H](C)OCCN34)co2)cc1. The summed E-state index contributed by atoms with van der Waals surface area (Å²) < 4.78 is 11.2. The Morgan fingerprint density at radius 2 is 2.09 bits per heavy atom. The summed E-state index contributed by atoms with van der Waals surface area (Å²) in [5, 5.41) is 3.00. The molecule has 2 aliphatic heterocycles. The van der Waals surface area contributed by atoms with E-state index >= 15 is 0 Å². The van der Waals surface area contributed by atoms with Gasteiger partial charge < -0.3 is 14.5 Å². The second kappa shape index (κ2) is 5.47. The highest BCUT2D eigenvalue weighted by molar-refractivity contribution is 5.85. The number of nitrogens with zero attached hydrogens (tertiary/aromatic N) is 2. The van der Waals surface area contributed by atoms with E-state index in [0.29, 0.717) is 19.0 Å². The largest absolute Gasteiger partial charge is 0.444 e. The molecule has 1 N–H and O–H groups in total. The van der Waals surface area contributed by atoms with E-state index in [4.69, 9.17) is 9.15 Å². The van der Waals surface area contributed by atoms with Crippen molar-refractivity contribution in [1.82, 2.24) is 15.2 Å². The van der Waals surface area contributed by atoms with Gasteiger partial charge in [0, 0.05) is 12.1 Å². The second-order valence-electron chi connectivity index (χ2n) is 6.11. The Kier molecular flexibility index (Phi) is 3.43. The monoisotopic (exact) mass is 313 g/mol. The number of aryl methyl sites for hydroxylation is 1. The normalized spacial score (nSPS) is 27.7. The first-order valence-electron chi connectivity index (χ1n) is 7.83. The molecule has 2 fully saturated rings. The highest BCUT2D eigenvalue weighted by atomic mass is 16.5. The lowest BCUT2D eigenvalue weighted by Gasteiger charge is -2.34. The van der Waals surface area contributed by atoms with Gasteiger partial charge >= 0.3 is 0 Å². The number of amides is 1. The van der Waals surface area contributed by atoms with Gasteiger partial charge in [-0.1, -0.05) is 17.7 Å². The van der Waals surface area contributed by atoms with Gasteiger partial charge in [0.15, 0.2) is 0 Å². The van der Waals surface area contributed by atoms with Crippen LogP contribution in [0.2, 0.25) is 0 Å². The third-order valence-corrected chi connectivity index (χ3v) is 4.51. The third kappa shape index (κ3) is 2.44. The molecule has 2 aliphatic rings. The maximum Gasteiger partial charge on any atom is 0.241 e. The predicted octanol–water partition coefficient (Wildman–Crippen LogP) is 1.87. The van der Waals surface area contributed by atoms with Gasteiger partial charge in [-0.05, 0) is 26.0 Å². The van der Waals surface area contributed by atoms with E-state index in [-0.39, 0.29) is 24.2 Å². The van der Waals surface area contributed by atoms with Crippen LogP contribution >= 0.6 is 0 Å². The maximum atomic E-state index is 12.2. The van der Waals surface area contributed by atoms with Gasteiger partial charge in [-0.15, -0.1) is 0 Å². The molecule has 0 spiro atoms. The Morgan fingerprint density at radius 3 is 2.87 bits per heavy atom. The summed E-state index contributed by atoms with van der Waals surface area (Å²) in [5.74, 6) is 0.557. The molecule has 1 aromatic carbocycles. The molecule has 120 valence electrons. The van der Waals surface area contributed by atoms with E-state index in [0.717, 1.165) is 11.3 Å². The molecule has 0 aliphatic carbocycles. The number of aromatic nitrogens is 1. The van der Waals surface area contributed by atoms with Crippen molar-refractivity contribution in [3.8, 4) is 11.5 Å². The van der Waals surface area contributed by atoms with Crippen molar-refractivity contribution in [1.29, 1.82) is 0 Å². The van der Waals surface area contributed by atoms with E-state index in [1.54, 1.807) is 6.26 Å². The predicted molar refractivity (Wildman–Crippen MR) is 83.5 cm³/mol. The van der Waals surface area contributed by atoms with Crippen molar-refractivity contribution < 1.29 is 13.9 Å². The van der Waals surface area contributed by atoms with Crippen molar-refractivity contribution in [3.63, 3.8) is 0 Å². The molecule has 1 amide bonds. The summed E-state index contributed by atoms with van der Waals surface area (Å²) in [5.41, 5.74) is 2.84. The Balaban J connectivity index is 1.62. The molecule has 6 heteroatoms. The number of oxazole rings is 1. The number of morpholine rings is 1. The molecule has 2 aromatic rings. The number of ether oxygens (including phenoxy) is 1. The smallest absolute Gasteiger partial charge is 0.241 e. The lowest BCUT2D eigenvalue weighted by molar-refractivity contribution is -0.129. The maximum absolute atomic E-state index is 12.2. The fourth-order valence-electron chi connectivity index (χ4n) is 3.28. The first-order valence-corrected chi connectivity index (χ1v) is 7.83. The number of rotatable bonds is 2. The highest BCUT2D eigenvalue weighted by Crippen LogP contribution is 2.31. The van der Waals surface area contributed by atoms with Gasteiger partial charge in [0.05, 0.1) is 12.7 Å². The van der Waals surface area contributed by atoms with Crippen LogP contribution in [-0.2, 0) is 9.53 Å². The molecular weight excluding hydrogens is 294 g/mol. The number of fused-ring (bicyclic) bond motifs is 1. The molecule has 4 rings (SSSR count). The summed E-state index contributed by atoms with van der Waals surface area (Å²) in [6.07, 6.45) is 1.27. The zero-order chi connectivity index (χ0) is 16.0. The Labute approximate surface area is 134 Å². The lowest BCUT2D eigenvalue weighted by atomic mass is 10.1. The van der Waals surface area contributed by atoms with Crippen molar-refractivity contribution >= 4 is 5.91 Å². The van der Waals surface area contributed by atoms with Crippen molar-refractivity contribution in [3.05, 3.63) is 41.8 Å². The fourth-order valence-corrected chi connectivity index (χ4v) is 3.28. The van der Waals surface area contributed by atoms with E-state index in [2.05, 4.69) is 15.2 Å². The Morgan fingerprint density at radius 1 is 1.30 bits per heavy atom. The van der Waals surface area contributed by atoms with E-state index in [1.165, 1.54) is 5.56 Å². The fraction of sp³-hybridized carbons (Fsp3) is 0.412. The average molecular weight is 313 g/mol. The summed E-state index contributed by atoms with van der Waals surface area (Å²) in [6, 6.07) is 7.76. The van der Waals surface area contributed by atoms with Gasteiger partial charge in [0.1, 0.15) is 24.2 Å². The van der Waals surface area contributed by atoms with Crippen LogP contribution in [-0.4, -0.2) is 41.1 Å². The molecule has 0 bridgehead atoms. The minimum Gasteiger partial charge on any atom is -0.444 e. The Hall–Kier alpha value is -2.18. The number of carbonyl (C=O) groups excluding carboxylic acids is 1. The van der Waals surface area contributed by atoms with Crippen LogP contribution in [0.1, 0.15) is 24.3 Å². The summed E-state index contributed by atoms with van der Waals surface area (Å²) in [6.45, 7) is 5.29. The molecular formula is C17H19N3O3. The number of hydrogen-bond donors (Lipinski definition) is 1. The van der Waals surface area contributed by atoms with Crippen LogP contribution in [0.25, 0.3) is 11.5 Å². The zero-order valence-corrected chi connectivity index (χ0v) is 13.2. The van der Waals surface area contributed by atoms with E-state index in [1.807, 2.05) is 38.1 Å². The summed E-state index contributed by atoms with van der Waals surface area (Å²) >= 11 is 0. The van der Waals surface area contributed by atoms with Gasteiger partial charge in [-0.25, -0.2) is 4.98 Å². The van der Waals surface area contributed by atoms with Gasteiger partial charge in [0.25, 0.3) is 0 Å². The van der Waals surface area contributed by atoms with Crippen LogP contribution < -0.4 is 5.32 Å². The van der Waals surface area contributed by atoms with Gasteiger partial charge in [-0.2, -0.15) is 0 Å². The first kappa shape index (κ1) is 14.4. The molecule has 6 nitrogen and oxygen atoms in total. The summed E-state index contributed by atoms with van der Waals surface area (Å²) in [7, 11) is 0. The molecule has 0 radical (unpaired) electrons. The zero-order valence-electron chi connectivity index (χ0n) is 13.2. The molecule has 0 saturated carbocycles. The van der Waals surface area contributed by atoms with Crippen LogP contribution in [0.5, 0.6) is 0 Å². The Bertz CT molecular complexity index is 725. The standard InChI is InChI=1S/C17H19N3O3/c1-10-3-5-12(6-4-10)17-18-13(9-23-17)15-19-16(21)14-11(2)22-8-7-20(14)15/h3-6,9,11,14-15H,7-8H2,1-2H3,(H,19,21)/t11-,14+,15?/m1/s1. The van der Waals surface area contributed by atoms with Crippen molar-refractivity contribution in [2.45, 2.75) is 32.2 Å². The molecule has 1 aromatic heterocycles. The van der Waals surface area contributed by atoms with Gasteiger partial charge in [-0.3, -0.25) is 9.69 Å². The number of hydrogen-bond acceptors (Lipinski definition) is 5. The minimum atomic E-state index is -0.256. The lowest BCUT2D eigenvalue weighted by Crippen LogP contribution is -2.49. The average Bonchev–Trinajstić information content (AvgIpc) is 3.14. The highest BCUT2D eigenvalue weighted by Gasteiger charge is 2.46. The van der Waals surface area contributed by atoms with Crippen LogP contribution in [0, 0.1) is 6.92 Å². The third-order valence-electron chi connectivity index (χ3n) is 4.51. The number of carbonyl (C=O) groups is 1. The van der Waals surface area contributed by atoms with Crippen LogP contribution in [0.15, 0.2) is 34.9 Å². The summed E-state index contributed by atoms with van der Waals surface area (Å²) in [4.78, 5) is 18.9. The second-order valence-corrected chi connectivity index (χ2v) is 6.11. The van der Waals surface area contributed by atoms with Crippen LogP contribution in [0.4, 0.5) is 0 Å². The molecule has 1 unspecified atom stereocenters. The van der Waals surface area contributed by atoms with Gasteiger partial charge in [0.2, 0.25) is 11.8 Å². The minimum absolute atomic E-state index is 0.0120. The molecule has 2 saturated heterocycles.